The summed E-state index contributed by atoms with van der Waals surface area (Å²) < 4.78 is 1.35. The maximum Gasteiger partial charge on any atom is 1.00 e. The molecule has 1 nitrogen and oxygen atoms in total. The van der Waals surface area contributed by atoms with Gasteiger partial charge < -0.3 is 29.7 Å². The molecule has 1 rings (SSSR count). The van der Waals surface area contributed by atoms with Crippen LogP contribution in [0.15, 0.2) is 41.4 Å². The third kappa shape index (κ3) is 6.81. The molecule has 0 saturated heterocycles. The number of hydrogen-bond acceptors (Lipinski definition) is 2. The molecule has 0 amide bonds. The van der Waals surface area contributed by atoms with E-state index in [2.05, 4.69) is 34.6 Å². The van der Waals surface area contributed by atoms with Gasteiger partial charge in [0.05, 0.1) is 0 Å². The van der Waals surface area contributed by atoms with Gasteiger partial charge in [0.25, 0.3) is 0 Å². The number of hydrogen-bond donors (Lipinski definition) is 0. The van der Waals surface area contributed by atoms with Crippen molar-refractivity contribution in [2.24, 2.45) is 0 Å². The minimum atomic E-state index is 0. The summed E-state index contributed by atoms with van der Waals surface area (Å²) in [6.45, 7) is 5.17. The molecule has 0 aliphatic rings. The summed E-state index contributed by atoms with van der Waals surface area (Å²) in [6, 6.07) is 10.1. The summed E-state index contributed by atoms with van der Waals surface area (Å²) in [5.41, 5.74) is 1.19. The first-order valence-corrected chi connectivity index (χ1v) is 6.03. The summed E-state index contributed by atoms with van der Waals surface area (Å²) >= 11 is 13.3. The summed E-state index contributed by atoms with van der Waals surface area (Å²) in [5.74, 6) is 0. The molecule has 0 aliphatic heterocycles. The van der Waals surface area contributed by atoms with E-state index in [0.717, 1.165) is 11.0 Å². The van der Waals surface area contributed by atoms with Crippen LogP contribution < -0.4 is 51.4 Å². The van der Waals surface area contributed by atoms with Crippen LogP contribution in [-0.4, -0.2) is 15.8 Å². The van der Waals surface area contributed by atoms with Crippen molar-refractivity contribution in [2.75, 3.05) is 6.54 Å². The number of halogens is 1. The Morgan fingerprint density at radius 1 is 1.38 bits per heavy atom. The maximum atomic E-state index is 5.01. The van der Waals surface area contributed by atoms with Gasteiger partial charge in [0.2, 0.25) is 0 Å². The maximum absolute atomic E-state index is 5.01. The summed E-state index contributed by atoms with van der Waals surface area (Å²) in [5, 5.41) is 0. The van der Waals surface area contributed by atoms with Crippen LogP contribution in [0.4, 0.5) is 0 Å². The number of thiocarbonyl (C=S) groups is 1. The number of nitrogens with zero attached hydrogens (tertiary/aromatic N) is 1. The molecule has 0 saturated carbocycles. The molecule has 1 aromatic rings. The fourth-order valence-corrected chi connectivity index (χ4v) is 1.76. The van der Waals surface area contributed by atoms with Gasteiger partial charge in [0, 0.05) is 17.6 Å². The third-order valence-corrected chi connectivity index (χ3v) is 2.60. The van der Waals surface area contributed by atoms with Crippen molar-refractivity contribution in [1.82, 2.24) is 4.90 Å². The van der Waals surface area contributed by atoms with E-state index in [-0.39, 0.29) is 51.4 Å². The van der Waals surface area contributed by atoms with Gasteiger partial charge >= 0.3 is 51.4 Å². The largest absolute Gasteiger partial charge is 1.00 e. The smallest absolute Gasteiger partial charge is 0.411 e. The molecule has 0 aromatic heterocycles. The van der Waals surface area contributed by atoms with E-state index >= 15 is 0 Å². The molecule has 1 aromatic carbocycles. The molecule has 0 unspecified atom stereocenters. The molecule has 0 heterocycles. The van der Waals surface area contributed by atoms with Crippen LogP contribution in [0, 0.1) is 0 Å². The fraction of sp³-hybridized carbons (Fsp3) is 0.182. The van der Waals surface area contributed by atoms with E-state index in [9.17, 15) is 0 Å². The van der Waals surface area contributed by atoms with E-state index in [4.69, 9.17) is 24.8 Å². The van der Waals surface area contributed by atoms with Gasteiger partial charge in [-0.05, 0) is 5.56 Å². The Morgan fingerprint density at radius 2 is 1.94 bits per heavy atom. The Kier molecular flexibility index (Phi) is 9.84. The topological polar surface area (TPSA) is 3.24 Å². The van der Waals surface area contributed by atoms with Crippen LogP contribution >= 0.6 is 28.1 Å². The first-order valence-electron chi connectivity index (χ1n) is 4.42. The van der Waals surface area contributed by atoms with Crippen molar-refractivity contribution < 1.29 is 51.4 Å². The summed E-state index contributed by atoms with van der Waals surface area (Å²) in [4.78, 5) is 1.93. The standard InChI is InChI=1S/C11H12BrNS2.K/c1-9(12)7-13(11(14)15)8-10-5-3-2-4-6-10;/h2-6H,1,7-8H2,(H,14,15);/q;+1/p-1. The SMILES string of the molecule is C=C(Br)CN(Cc1ccccc1)C(=S)[S-].[K+]. The third-order valence-electron chi connectivity index (χ3n) is 1.84. The normalized spacial score (nSPS) is 9.06. The van der Waals surface area contributed by atoms with Gasteiger partial charge in [0.15, 0.2) is 0 Å². The van der Waals surface area contributed by atoms with Crippen molar-refractivity contribution >= 4 is 45.1 Å². The second-order valence-electron chi connectivity index (χ2n) is 3.12. The Hall–Kier alpha value is 1.19. The Morgan fingerprint density at radius 3 is 2.38 bits per heavy atom. The van der Waals surface area contributed by atoms with Crippen LogP contribution in [0.1, 0.15) is 5.56 Å². The van der Waals surface area contributed by atoms with Gasteiger partial charge in [-0.1, -0.05) is 57.2 Å². The van der Waals surface area contributed by atoms with Gasteiger partial charge in [0.1, 0.15) is 0 Å². The van der Waals surface area contributed by atoms with Crippen molar-refractivity contribution in [1.29, 1.82) is 0 Å². The first kappa shape index (κ1) is 17.2. The molecule has 0 N–H and O–H groups in total. The minimum absolute atomic E-state index is 0. The molecule has 0 bridgehead atoms. The Balaban J connectivity index is 0.00000225. The van der Waals surface area contributed by atoms with Crippen LogP contribution in [-0.2, 0) is 19.2 Å². The zero-order valence-electron chi connectivity index (χ0n) is 9.15. The zero-order chi connectivity index (χ0) is 11.3. The second-order valence-corrected chi connectivity index (χ2v) is 5.28. The average Bonchev–Trinajstić information content (AvgIpc) is 2.17. The van der Waals surface area contributed by atoms with E-state index in [1.807, 2.05) is 23.1 Å². The van der Waals surface area contributed by atoms with Gasteiger partial charge in [-0.25, -0.2) is 0 Å². The molecule has 0 radical (unpaired) electrons. The van der Waals surface area contributed by atoms with Crippen LogP contribution in [0.5, 0.6) is 0 Å². The van der Waals surface area contributed by atoms with Crippen LogP contribution in [0.2, 0.25) is 0 Å². The molecular weight excluding hydrogens is 329 g/mol. The molecule has 16 heavy (non-hydrogen) atoms. The molecule has 0 fully saturated rings. The Bertz CT molecular complexity index is 356. The zero-order valence-corrected chi connectivity index (χ0v) is 15.5. The summed E-state index contributed by atoms with van der Waals surface area (Å²) in [6.07, 6.45) is 0. The van der Waals surface area contributed by atoms with E-state index in [0.29, 0.717) is 10.9 Å². The fourth-order valence-electron chi connectivity index (χ4n) is 1.20. The van der Waals surface area contributed by atoms with Crippen molar-refractivity contribution in [2.45, 2.75) is 6.54 Å². The quantitative estimate of drug-likeness (QED) is 0.439. The van der Waals surface area contributed by atoms with Gasteiger partial charge in [-0.3, -0.25) is 0 Å². The van der Waals surface area contributed by atoms with Crippen molar-refractivity contribution in [3.63, 3.8) is 0 Å². The Labute approximate surface area is 159 Å². The summed E-state index contributed by atoms with van der Waals surface area (Å²) in [7, 11) is 0. The first-order chi connectivity index (χ1) is 7.09. The predicted octanol–water partition coefficient (Wildman–Crippen LogP) is 0.233. The molecule has 5 heteroatoms. The average molecular weight is 340 g/mol. The van der Waals surface area contributed by atoms with Crippen LogP contribution in [0.25, 0.3) is 0 Å². The van der Waals surface area contributed by atoms with Crippen LogP contribution in [0.3, 0.4) is 0 Å². The molecular formula is C11H11BrKNS2. The molecule has 0 spiro atoms. The number of rotatable bonds is 4. The molecule has 80 valence electrons. The van der Waals surface area contributed by atoms with Gasteiger partial charge in [-0.2, -0.15) is 0 Å². The van der Waals surface area contributed by atoms with E-state index in [1.165, 1.54) is 5.56 Å². The molecule has 0 atom stereocenters. The minimum Gasteiger partial charge on any atom is -0.411 e. The van der Waals surface area contributed by atoms with Crippen molar-refractivity contribution in [3.05, 3.63) is 47.0 Å². The predicted molar refractivity (Wildman–Crippen MR) is 74.9 cm³/mol. The second kappa shape index (κ2) is 9.16. The van der Waals surface area contributed by atoms with Crippen molar-refractivity contribution in [3.8, 4) is 0 Å². The molecule has 0 aliphatic carbocycles. The monoisotopic (exact) mass is 339 g/mol. The van der Waals surface area contributed by atoms with E-state index < -0.39 is 0 Å². The number of benzene rings is 1. The van der Waals surface area contributed by atoms with Gasteiger partial charge in [-0.15, -0.1) is 0 Å². The van der Waals surface area contributed by atoms with E-state index in [1.54, 1.807) is 0 Å².